The molecular weight excluding hydrogens is 284 g/mol. The lowest BCUT2D eigenvalue weighted by Gasteiger charge is -2.28. The predicted octanol–water partition coefficient (Wildman–Crippen LogP) is -0.219. The highest BCUT2D eigenvalue weighted by Crippen LogP contribution is 2.58. The quantitative estimate of drug-likeness (QED) is 0.515. The lowest BCUT2D eigenvalue weighted by atomic mass is 10.4. The van der Waals surface area contributed by atoms with Crippen LogP contribution in [0.25, 0.3) is 0 Å². The van der Waals surface area contributed by atoms with E-state index in [4.69, 9.17) is 19.6 Å². The van der Waals surface area contributed by atoms with Crippen LogP contribution in [0.5, 0.6) is 0 Å². The van der Waals surface area contributed by atoms with E-state index in [0.29, 0.717) is 0 Å². The van der Waals surface area contributed by atoms with Gasteiger partial charge in [0, 0.05) is 12.4 Å². The van der Waals surface area contributed by atoms with Crippen molar-refractivity contribution in [3.8, 4) is 0 Å². The first-order valence-corrected chi connectivity index (χ1v) is 7.83. The molecule has 0 aliphatic carbocycles. The number of nitrogens with zero attached hydrogens (tertiary/aromatic N) is 3. The number of allylic oxidation sites excluding steroid dienone is 1. The molecule has 0 fully saturated rings. The Morgan fingerprint density at radius 2 is 1.83 bits per heavy atom. The summed E-state index contributed by atoms with van der Waals surface area (Å²) in [6, 6.07) is 0. The van der Waals surface area contributed by atoms with Gasteiger partial charge in [0.15, 0.2) is 5.44 Å². The maximum absolute atomic E-state index is 11.3. The van der Waals surface area contributed by atoms with Crippen molar-refractivity contribution < 1.29 is 28.7 Å². The zero-order chi connectivity index (χ0) is 13.6. The fraction of sp³-hybridized carbons (Fsp3) is 0.143. The van der Waals surface area contributed by atoms with E-state index in [0.717, 1.165) is 0 Å². The Bertz CT molecular complexity index is 594. The van der Waals surface area contributed by atoms with Gasteiger partial charge in [0.05, 0.1) is 11.9 Å². The molecule has 0 unspecified atom stereocenters. The number of fused-ring (bicyclic) bond motifs is 1. The van der Waals surface area contributed by atoms with E-state index in [1.165, 1.54) is 23.4 Å². The molecule has 0 saturated carbocycles. The van der Waals surface area contributed by atoms with E-state index < -0.39 is 25.9 Å². The minimum atomic E-state index is -4.88. The van der Waals surface area contributed by atoms with Gasteiger partial charge in [-0.2, -0.15) is 0 Å². The molecular formula is C7H9N3O6P2. The molecule has 0 radical (unpaired) electrons. The Hall–Kier alpha value is -1.08. The average Bonchev–Trinajstić information content (AvgIpc) is 2.25. The van der Waals surface area contributed by atoms with Crippen molar-refractivity contribution in [2.75, 3.05) is 6.54 Å². The van der Waals surface area contributed by atoms with Gasteiger partial charge in [-0.3, -0.25) is 9.13 Å². The van der Waals surface area contributed by atoms with Crippen LogP contribution in [0.4, 0.5) is 0 Å². The summed E-state index contributed by atoms with van der Waals surface area (Å²) in [5, 5.41) is -0.693. The van der Waals surface area contributed by atoms with Gasteiger partial charge in [-0.05, 0) is 6.08 Å². The minimum Gasteiger partial charge on any atom is -0.321 e. The molecule has 0 atom stereocenters. The zero-order valence-corrected chi connectivity index (χ0v) is 10.6. The summed E-state index contributed by atoms with van der Waals surface area (Å²) in [7, 11) is -9.69. The normalized spacial score (nSPS) is 20.0. The molecule has 0 aromatic carbocycles. The zero-order valence-electron chi connectivity index (χ0n) is 8.78. The van der Waals surface area contributed by atoms with E-state index in [1.54, 1.807) is 0 Å². The third-order valence-electron chi connectivity index (χ3n) is 2.21. The molecule has 4 N–H and O–H groups in total. The summed E-state index contributed by atoms with van der Waals surface area (Å²) in [6.45, 7) is -0.364. The Balaban J connectivity index is 2.61. The maximum atomic E-state index is 11.3. The van der Waals surface area contributed by atoms with Crippen LogP contribution in [0, 0.1) is 0 Å². The van der Waals surface area contributed by atoms with Crippen LogP contribution in [0.1, 0.15) is 0 Å². The topological polar surface area (TPSA) is 143 Å². The molecule has 2 aliphatic heterocycles. The molecule has 0 bridgehead atoms. The lowest BCUT2D eigenvalue weighted by molar-refractivity contribution is 0.368. The molecule has 11 heteroatoms. The molecule has 2 rings (SSSR count). The third-order valence-corrected chi connectivity index (χ3v) is 4.37. The number of rotatable bonds is 2. The van der Waals surface area contributed by atoms with E-state index in [9.17, 15) is 9.13 Å². The Morgan fingerprint density at radius 3 is 2.39 bits per heavy atom. The van der Waals surface area contributed by atoms with Crippen LogP contribution in [0.15, 0.2) is 33.0 Å². The summed E-state index contributed by atoms with van der Waals surface area (Å²) in [6.07, 6.45) is 4.33. The minimum absolute atomic E-state index is 0.0203. The summed E-state index contributed by atoms with van der Waals surface area (Å²) in [4.78, 5) is 45.0. The monoisotopic (exact) mass is 293 g/mol. The molecule has 2 heterocycles. The summed E-state index contributed by atoms with van der Waals surface area (Å²) < 4.78 is 22.5. The summed E-state index contributed by atoms with van der Waals surface area (Å²) in [5.74, 6) is -0.0203. The predicted molar refractivity (Wildman–Crippen MR) is 62.9 cm³/mol. The standard InChI is InChI=1S/C7H9N3O6P2/c11-17(12,13)5-4-10-3-1-2-8-7(10)9-6(5)18(14,15)16/h1-3H,4H2,(H2,11,12,13)(H2,14,15,16). The fourth-order valence-corrected chi connectivity index (χ4v) is 3.51. The van der Waals surface area contributed by atoms with E-state index in [2.05, 4.69) is 9.98 Å². The first-order valence-electron chi connectivity index (χ1n) is 4.61. The van der Waals surface area contributed by atoms with Crippen molar-refractivity contribution in [3.05, 3.63) is 23.0 Å². The first kappa shape index (κ1) is 13.4. The van der Waals surface area contributed by atoms with Gasteiger partial charge < -0.3 is 24.5 Å². The highest BCUT2D eigenvalue weighted by molar-refractivity contribution is 7.61. The van der Waals surface area contributed by atoms with Crippen LogP contribution in [0.2, 0.25) is 0 Å². The Kier molecular flexibility index (Phi) is 3.14. The van der Waals surface area contributed by atoms with Gasteiger partial charge in [-0.15, -0.1) is 0 Å². The molecule has 98 valence electrons. The Morgan fingerprint density at radius 1 is 1.17 bits per heavy atom. The van der Waals surface area contributed by atoms with Crippen LogP contribution < -0.4 is 0 Å². The van der Waals surface area contributed by atoms with Gasteiger partial charge in [0.25, 0.3) is 0 Å². The molecule has 0 aromatic heterocycles. The number of guanidine groups is 1. The highest BCUT2D eigenvalue weighted by Gasteiger charge is 2.39. The fourth-order valence-electron chi connectivity index (χ4n) is 1.46. The largest absolute Gasteiger partial charge is 0.375 e. The average molecular weight is 293 g/mol. The van der Waals surface area contributed by atoms with E-state index >= 15 is 0 Å². The van der Waals surface area contributed by atoms with Crippen LogP contribution in [0.3, 0.4) is 0 Å². The van der Waals surface area contributed by atoms with Crippen LogP contribution in [-0.2, 0) is 9.13 Å². The number of hydrogen-bond acceptors (Lipinski definition) is 5. The van der Waals surface area contributed by atoms with Crippen molar-refractivity contribution in [1.29, 1.82) is 0 Å². The number of hydrogen-bond donors (Lipinski definition) is 4. The first-order chi connectivity index (χ1) is 8.19. The molecule has 2 aliphatic rings. The summed E-state index contributed by atoms with van der Waals surface area (Å²) >= 11 is 0. The molecule has 9 nitrogen and oxygen atoms in total. The smallest absolute Gasteiger partial charge is 0.321 e. The molecule has 0 spiro atoms. The van der Waals surface area contributed by atoms with Crippen molar-refractivity contribution in [1.82, 2.24) is 4.90 Å². The van der Waals surface area contributed by atoms with Crippen molar-refractivity contribution in [3.63, 3.8) is 0 Å². The molecule has 18 heavy (non-hydrogen) atoms. The second-order valence-electron chi connectivity index (χ2n) is 3.52. The van der Waals surface area contributed by atoms with Gasteiger partial charge in [0.1, 0.15) is 0 Å². The second kappa shape index (κ2) is 4.24. The summed E-state index contributed by atoms with van der Waals surface area (Å²) in [5.41, 5.74) is -0.908. The highest BCUT2D eigenvalue weighted by atomic mass is 31.2. The maximum Gasteiger partial charge on any atom is 0.375 e. The van der Waals surface area contributed by atoms with Crippen molar-refractivity contribution in [2.45, 2.75) is 0 Å². The molecule has 0 amide bonds. The molecule has 0 saturated heterocycles. The third kappa shape index (κ3) is 2.51. The van der Waals surface area contributed by atoms with Gasteiger partial charge in [-0.25, -0.2) is 9.98 Å². The lowest BCUT2D eigenvalue weighted by Crippen LogP contribution is -2.32. The number of aliphatic imine (C=N–C) groups is 2. The molecule has 0 aromatic rings. The SMILES string of the molecule is O=P(O)(O)C1=C(P(=O)(O)O)N=C2N=CC=CN2C1. The van der Waals surface area contributed by atoms with Gasteiger partial charge in [0.2, 0.25) is 5.96 Å². The van der Waals surface area contributed by atoms with Crippen LogP contribution >= 0.6 is 15.2 Å². The van der Waals surface area contributed by atoms with Crippen molar-refractivity contribution >= 4 is 27.4 Å². The van der Waals surface area contributed by atoms with Gasteiger partial charge >= 0.3 is 15.2 Å². The second-order valence-corrected chi connectivity index (χ2v) is 6.66. The van der Waals surface area contributed by atoms with Gasteiger partial charge in [-0.1, -0.05) is 0 Å². The van der Waals surface area contributed by atoms with Crippen molar-refractivity contribution in [2.24, 2.45) is 9.98 Å². The van der Waals surface area contributed by atoms with E-state index in [1.807, 2.05) is 0 Å². The Labute approximate surface area is 101 Å². The van der Waals surface area contributed by atoms with Crippen LogP contribution in [-0.4, -0.2) is 43.2 Å². The van der Waals surface area contributed by atoms with E-state index in [-0.39, 0.29) is 12.5 Å².